The largest absolute Gasteiger partial charge is 0.390 e. The van der Waals surface area contributed by atoms with Gasteiger partial charge < -0.3 is 11.1 Å². The monoisotopic (exact) mass is 224 g/mol. The molecule has 0 bridgehead atoms. The van der Waals surface area contributed by atoms with Crippen LogP contribution in [-0.2, 0) is 0 Å². The first-order valence-electron chi connectivity index (χ1n) is 5.48. The van der Waals surface area contributed by atoms with Gasteiger partial charge in [-0.2, -0.15) is 13.2 Å². The fourth-order valence-corrected chi connectivity index (χ4v) is 2.00. The molecule has 2 nitrogen and oxygen atoms in total. The van der Waals surface area contributed by atoms with Crippen LogP contribution in [-0.4, -0.2) is 24.8 Å². The van der Waals surface area contributed by atoms with Crippen molar-refractivity contribution < 1.29 is 13.2 Å². The van der Waals surface area contributed by atoms with Gasteiger partial charge in [0.15, 0.2) is 0 Å². The summed E-state index contributed by atoms with van der Waals surface area (Å²) in [5.41, 5.74) is 5.79. The minimum atomic E-state index is -4.07. The molecule has 0 aromatic rings. The zero-order valence-corrected chi connectivity index (χ0v) is 8.87. The molecule has 0 heterocycles. The minimum Gasteiger partial charge on any atom is -0.324 e. The number of nitrogens with one attached hydrogen (secondary N) is 1. The van der Waals surface area contributed by atoms with E-state index in [9.17, 15) is 13.2 Å². The molecule has 0 atom stereocenters. The molecule has 0 amide bonds. The molecule has 1 rings (SSSR count). The summed E-state index contributed by atoms with van der Waals surface area (Å²) in [6.45, 7) is 0.478. The van der Waals surface area contributed by atoms with E-state index in [-0.39, 0.29) is 12.1 Å². The number of hydrogen-bond acceptors (Lipinski definition) is 2. The van der Waals surface area contributed by atoms with Gasteiger partial charge in [-0.15, -0.1) is 0 Å². The second-order valence-corrected chi connectivity index (χ2v) is 4.46. The van der Waals surface area contributed by atoms with E-state index in [2.05, 4.69) is 5.32 Å². The van der Waals surface area contributed by atoms with E-state index >= 15 is 0 Å². The summed E-state index contributed by atoms with van der Waals surface area (Å²) in [7, 11) is 0. The van der Waals surface area contributed by atoms with Crippen LogP contribution >= 0.6 is 0 Å². The highest BCUT2D eigenvalue weighted by Gasteiger charge is 2.29. The van der Waals surface area contributed by atoms with E-state index < -0.39 is 12.6 Å². The van der Waals surface area contributed by atoms with Crippen LogP contribution in [0.4, 0.5) is 13.2 Å². The quantitative estimate of drug-likeness (QED) is 0.718. The standard InChI is InChI=1S/C10H19F3N2/c11-10(12,13)6-7-15-8-9(14)4-2-1-3-5-9/h15H,1-8,14H2. The normalized spacial score (nSPS) is 21.6. The third kappa shape index (κ3) is 5.37. The molecule has 90 valence electrons. The van der Waals surface area contributed by atoms with E-state index in [1.54, 1.807) is 0 Å². The summed E-state index contributed by atoms with van der Waals surface area (Å²) in [4.78, 5) is 0. The van der Waals surface area contributed by atoms with Crippen molar-refractivity contribution in [2.75, 3.05) is 13.1 Å². The third-order valence-electron chi connectivity index (χ3n) is 2.91. The molecular weight excluding hydrogens is 205 g/mol. The van der Waals surface area contributed by atoms with Gasteiger partial charge in [0.2, 0.25) is 0 Å². The van der Waals surface area contributed by atoms with Gasteiger partial charge in [0.1, 0.15) is 0 Å². The van der Waals surface area contributed by atoms with Crippen LogP contribution in [0.3, 0.4) is 0 Å². The summed E-state index contributed by atoms with van der Waals surface area (Å²) in [5.74, 6) is 0. The summed E-state index contributed by atoms with van der Waals surface area (Å²) >= 11 is 0. The first-order chi connectivity index (χ1) is 6.91. The minimum absolute atomic E-state index is 0.0253. The van der Waals surface area contributed by atoms with Crippen LogP contribution < -0.4 is 11.1 Å². The third-order valence-corrected chi connectivity index (χ3v) is 2.91. The van der Waals surface area contributed by atoms with Gasteiger partial charge in [-0.25, -0.2) is 0 Å². The summed E-state index contributed by atoms with van der Waals surface area (Å²) in [6.07, 6.45) is 0.388. The van der Waals surface area contributed by atoms with Crippen molar-refractivity contribution >= 4 is 0 Å². The lowest BCUT2D eigenvalue weighted by Crippen LogP contribution is -2.50. The number of halogens is 3. The molecule has 0 saturated heterocycles. The van der Waals surface area contributed by atoms with Gasteiger partial charge in [0.05, 0.1) is 6.42 Å². The van der Waals surface area contributed by atoms with Gasteiger partial charge in [0, 0.05) is 18.6 Å². The van der Waals surface area contributed by atoms with Gasteiger partial charge >= 0.3 is 6.18 Å². The van der Waals surface area contributed by atoms with Crippen molar-refractivity contribution in [1.29, 1.82) is 0 Å². The van der Waals surface area contributed by atoms with Crippen LogP contribution in [0.2, 0.25) is 0 Å². The van der Waals surface area contributed by atoms with Crippen molar-refractivity contribution in [2.45, 2.75) is 50.2 Å². The van der Waals surface area contributed by atoms with E-state index in [0.717, 1.165) is 25.7 Å². The second kappa shape index (κ2) is 5.16. The average molecular weight is 224 g/mol. The Labute approximate surface area is 88.4 Å². The highest BCUT2D eigenvalue weighted by atomic mass is 19.4. The van der Waals surface area contributed by atoms with Gasteiger partial charge in [-0.1, -0.05) is 19.3 Å². The molecule has 3 N–H and O–H groups in total. The van der Waals surface area contributed by atoms with E-state index in [0.29, 0.717) is 6.54 Å². The molecule has 0 aromatic heterocycles. The summed E-state index contributed by atoms with van der Waals surface area (Å²) in [6, 6.07) is 0. The summed E-state index contributed by atoms with van der Waals surface area (Å²) in [5, 5.41) is 2.81. The smallest absolute Gasteiger partial charge is 0.324 e. The lowest BCUT2D eigenvalue weighted by Gasteiger charge is -2.33. The van der Waals surface area contributed by atoms with Crippen molar-refractivity contribution in [3.8, 4) is 0 Å². The van der Waals surface area contributed by atoms with Crippen LogP contribution in [0.15, 0.2) is 0 Å². The van der Waals surface area contributed by atoms with Crippen molar-refractivity contribution in [3.05, 3.63) is 0 Å². The Morgan fingerprint density at radius 1 is 1.13 bits per heavy atom. The highest BCUT2D eigenvalue weighted by molar-refractivity contribution is 4.89. The first kappa shape index (κ1) is 12.8. The molecule has 1 saturated carbocycles. The van der Waals surface area contributed by atoms with Crippen LogP contribution in [0.1, 0.15) is 38.5 Å². The zero-order valence-electron chi connectivity index (χ0n) is 8.87. The zero-order chi connectivity index (χ0) is 11.4. The molecule has 0 unspecified atom stereocenters. The Balaban J connectivity index is 2.13. The second-order valence-electron chi connectivity index (χ2n) is 4.46. The highest BCUT2D eigenvalue weighted by Crippen LogP contribution is 2.25. The van der Waals surface area contributed by atoms with Gasteiger partial charge in [-0.3, -0.25) is 0 Å². The van der Waals surface area contributed by atoms with Gasteiger partial charge in [-0.05, 0) is 12.8 Å². The van der Waals surface area contributed by atoms with Crippen molar-refractivity contribution in [3.63, 3.8) is 0 Å². The fraction of sp³-hybridized carbons (Fsp3) is 1.00. The van der Waals surface area contributed by atoms with Crippen molar-refractivity contribution in [1.82, 2.24) is 5.32 Å². The molecule has 0 aromatic carbocycles. The Bertz CT molecular complexity index is 186. The number of alkyl halides is 3. The number of rotatable bonds is 4. The van der Waals surface area contributed by atoms with Gasteiger partial charge in [0.25, 0.3) is 0 Å². The molecule has 0 radical (unpaired) electrons. The Morgan fingerprint density at radius 2 is 1.73 bits per heavy atom. The van der Waals surface area contributed by atoms with Crippen LogP contribution in [0.25, 0.3) is 0 Å². The maximum Gasteiger partial charge on any atom is 0.390 e. The maximum atomic E-state index is 11.8. The first-order valence-corrected chi connectivity index (χ1v) is 5.48. The molecule has 0 spiro atoms. The van der Waals surface area contributed by atoms with Crippen molar-refractivity contribution in [2.24, 2.45) is 5.73 Å². The average Bonchev–Trinajstić information content (AvgIpc) is 2.12. The van der Waals surface area contributed by atoms with Crippen LogP contribution in [0, 0.1) is 0 Å². The Kier molecular flexibility index (Phi) is 4.40. The maximum absolute atomic E-state index is 11.8. The van der Waals surface area contributed by atoms with Crippen LogP contribution in [0.5, 0.6) is 0 Å². The predicted octanol–water partition coefficient (Wildman–Crippen LogP) is 2.19. The number of hydrogen-bond donors (Lipinski definition) is 2. The SMILES string of the molecule is NC1(CNCCC(F)(F)F)CCCCC1. The molecule has 0 aliphatic heterocycles. The topological polar surface area (TPSA) is 38.0 Å². The Morgan fingerprint density at radius 3 is 2.27 bits per heavy atom. The van der Waals surface area contributed by atoms with E-state index in [1.165, 1.54) is 6.42 Å². The molecule has 5 heteroatoms. The lowest BCUT2D eigenvalue weighted by atomic mass is 9.82. The molecule has 1 aliphatic carbocycles. The Hall–Kier alpha value is -0.290. The molecule has 1 aliphatic rings. The van der Waals surface area contributed by atoms with E-state index in [4.69, 9.17) is 5.73 Å². The molecule has 15 heavy (non-hydrogen) atoms. The molecule has 1 fully saturated rings. The summed E-state index contributed by atoms with van der Waals surface area (Å²) < 4.78 is 35.5. The lowest BCUT2D eigenvalue weighted by molar-refractivity contribution is -0.133. The predicted molar refractivity (Wildman–Crippen MR) is 53.5 cm³/mol. The fourth-order valence-electron chi connectivity index (χ4n) is 2.00. The number of nitrogens with two attached hydrogens (primary N) is 1. The van der Waals surface area contributed by atoms with E-state index in [1.807, 2.05) is 0 Å². The molecular formula is C10H19F3N2.